The number of nitrogens with zero attached hydrogens (tertiary/aromatic N) is 1. The lowest BCUT2D eigenvalue weighted by Crippen LogP contribution is -2.07. The summed E-state index contributed by atoms with van der Waals surface area (Å²) in [5, 5.41) is 0. The van der Waals surface area contributed by atoms with Crippen molar-refractivity contribution in [2.45, 2.75) is 19.8 Å². The highest BCUT2D eigenvalue weighted by atomic mass is 16.5. The smallest absolute Gasteiger partial charge is 0.338 e. The Balaban J connectivity index is 2.18. The minimum Gasteiger partial charge on any atom is -0.462 e. The number of fused-ring (bicyclic) bond motifs is 1. The van der Waals surface area contributed by atoms with E-state index >= 15 is 0 Å². The number of unbranched alkanes of at least 4 members (excludes halogenated alkanes) is 1. The standard InChI is InChI=1S/C20H21NO2/c1-2-3-16-23-20(22)18-12-5-4-10-17-11-6-7-14-19(17)21-15-9-8-13-18/h4-15H,2-3,16H2,1H3. The average molecular weight is 307 g/mol. The number of aliphatic imine (C=N–C) groups is 1. The molecule has 0 amide bonds. The minimum atomic E-state index is -0.304. The second-order valence-corrected chi connectivity index (χ2v) is 5.05. The van der Waals surface area contributed by atoms with Crippen LogP contribution in [-0.2, 0) is 9.53 Å². The molecular weight excluding hydrogens is 286 g/mol. The van der Waals surface area contributed by atoms with Crippen LogP contribution in [0, 0.1) is 0 Å². The fourth-order valence-electron chi connectivity index (χ4n) is 1.98. The van der Waals surface area contributed by atoms with Crippen LogP contribution >= 0.6 is 0 Å². The molecule has 2 rings (SSSR count). The predicted octanol–water partition coefficient (Wildman–Crippen LogP) is 4.80. The summed E-state index contributed by atoms with van der Waals surface area (Å²) >= 11 is 0. The topological polar surface area (TPSA) is 38.7 Å². The van der Waals surface area contributed by atoms with Crippen molar-refractivity contribution in [1.82, 2.24) is 0 Å². The van der Waals surface area contributed by atoms with Crippen LogP contribution in [-0.4, -0.2) is 18.8 Å². The lowest BCUT2D eigenvalue weighted by molar-refractivity contribution is -0.138. The van der Waals surface area contributed by atoms with Crippen molar-refractivity contribution in [2.24, 2.45) is 4.99 Å². The van der Waals surface area contributed by atoms with Crippen LogP contribution in [0.3, 0.4) is 0 Å². The van der Waals surface area contributed by atoms with E-state index < -0.39 is 0 Å². The summed E-state index contributed by atoms with van der Waals surface area (Å²) in [6.07, 6.45) is 16.4. The number of carbonyl (C=O) groups excluding carboxylic acids is 1. The van der Waals surface area contributed by atoms with Gasteiger partial charge in [-0.2, -0.15) is 0 Å². The van der Waals surface area contributed by atoms with E-state index in [4.69, 9.17) is 4.74 Å². The monoisotopic (exact) mass is 307 g/mol. The Morgan fingerprint density at radius 3 is 2.78 bits per heavy atom. The predicted molar refractivity (Wildman–Crippen MR) is 95.9 cm³/mol. The molecule has 0 aromatic heterocycles. The Bertz CT molecular complexity index is 679. The van der Waals surface area contributed by atoms with Gasteiger partial charge in [-0.1, -0.05) is 55.8 Å². The zero-order valence-electron chi connectivity index (χ0n) is 13.3. The van der Waals surface area contributed by atoms with Gasteiger partial charge in [-0.05, 0) is 30.7 Å². The normalized spacial score (nSPS) is 13.7. The second-order valence-electron chi connectivity index (χ2n) is 5.05. The van der Waals surface area contributed by atoms with Gasteiger partial charge in [-0.15, -0.1) is 0 Å². The lowest BCUT2D eigenvalue weighted by atomic mass is 10.1. The molecule has 0 aliphatic carbocycles. The second kappa shape index (κ2) is 9.36. The summed E-state index contributed by atoms with van der Waals surface area (Å²) in [7, 11) is 0. The molecule has 1 aliphatic heterocycles. The highest BCUT2D eigenvalue weighted by molar-refractivity contribution is 5.92. The molecule has 0 atom stereocenters. The van der Waals surface area contributed by atoms with Crippen molar-refractivity contribution in [3.63, 3.8) is 0 Å². The number of hydrogen-bond acceptors (Lipinski definition) is 3. The van der Waals surface area contributed by atoms with Gasteiger partial charge in [-0.25, -0.2) is 4.79 Å². The van der Waals surface area contributed by atoms with Crippen LogP contribution in [0.1, 0.15) is 25.3 Å². The molecule has 0 spiro atoms. The van der Waals surface area contributed by atoms with Crippen LogP contribution in [0.4, 0.5) is 5.69 Å². The Labute approximate surface area is 137 Å². The summed E-state index contributed by atoms with van der Waals surface area (Å²) in [6, 6.07) is 7.90. The molecular formula is C20H21NO2. The van der Waals surface area contributed by atoms with Crippen molar-refractivity contribution >= 4 is 23.9 Å². The van der Waals surface area contributed by atoms with E-state index in [1.54, 1.807) is 30.5 Å². The average Bonchev–Trinajstić information content (AvgIpc) is 2.56. The summed E-state index contributed by atoms with van der Waals surface area (Å²) in [6.45, 7) is 2.52. The molecule has 118 valence electrons. The van der Waals surface area contributed by atoms with Gasteiger partial charge in [0, 0.05) is 11.8 Å². The molecule has 1 aromatic carbocycles. The minimum absolute atomic E-state index is 0.304. The summed E-state index contributed by atoms with van der Waals surface area (Å²) in [5.74, 6) is -0.304. The fourth-order valence-corrected chi connectivity index (χ4v) is 1.98. The number of allylic oxidation sites excluding steroid dienone is 5. The van der Waals surface area contributed by atoms with Crippen molar-refractivity contribution in [1.29, 1.82) is 0 Å². The summed E-state index contributed by atoms with van der Waals surface area (Å²) in [5.41, 5.74) is 2.45. The first kappa shape index (κ1) is 16.7. The van der Waals surface area contributed by atoms with E-state index in [2.05, 4.69) is 11.9 Å². The van der Waals surface area contributed by atoms with Gasteiger partial charge < -0.3 is 4.74 Å². The molecule has 23 heavy (non-hydrogen) atoms. The molecule has 1 heterocycles. The number of carbonyl (C=O) groups is 1. The van der Waals surface area contributed by atoms with E-state index in [9.17, 15) is 4.79 Å². The van der Waals surface area contributed by atoms with Crippen molar-refractivity contribution in [3.8, 4) is 0 Å². The maximum absolute atomic E-state index is 12.1. The van der Waals surface area contributed by atoms with E-state index in [0.29, 0.717) is 12.2 Å². The quantitative estimate of drug-likeness (QED) is 0.592. The molecule has 1 aromatic rings. The number of para-hydroxylation sites is 1. The third-order valence-corrected chi connectivity index (χ3v) is 3.25. The Morgan fingerprint density at radius 2 is 1.91 bits per heavy atom. The number of rotatable bonds is 4. The van der Waals surface area contributed by atoms with Gasteiger partial charge >= 0.3 is 5.97 Å². The van der Waals surface area contributed by atoms with Crippen LogP contribution in [0.2, 0.25) is 0 Å². The zero-order chi connectivity index (χ0) is 16.3. The molecule has 0 saturated carbocycles. The van der Waals surface area contributed by atoms with Crippen molar-refractivity contribution in [2.75, 3.05) is 6.61 Å². The molecule has 0 saturated heterocycles. The first-order chi connectivity index (χ1) is 11.3. The summed E-state index contributed by atoms with van der Waals surface area (Å²) in [4.78, 5) is 16.5. The van der Waals surface area contributed by atoms with Crippen molar-refractivity contribution in [3.05, 3.63) is 71.9 Å². The van der Waals surface area contributed by atoms with Crippen LogP contribution in [0.15, 0.2) is 71.3 Å². The third-order valence-electron chi connectivity index (χ3n) is 3.25. The number of ether oxygens (including phenoxy) is 1. The first-order valence-electron chi connectivity index (χ1n) is 7.83. The SMILES string of the molecule is CCCCOC(=O)C1=CC=CC=Nc2ccccc2C=CC=C1. The van der Waals surface area contributed by atoms with Gasteiger partial charge in [-0.3, -0.25) is 4.99 Å². The Morgan fingerprint density at radius 1 is 1.09 bits per heavy atom. The van der Waals surface area contributed by atoms with Gasteiger partial charge in [0.2, 0.25) is 0 Å². The zero-order valence-corrected chi connectivity index (χ0v) is 13.3. The number of esters is 1. The van der Waals surface area contributed by atoms with E-state index in [-0.39, 0.29) is 5.97 Å². The van der Waals surface area contributed by atoms with Crippen molar-refractivity contribution < 1.29 is 9.53 Å². The van der Waals surface area contributed by atoms with E-state index in [1.165, 1.54) is 0 Å². The van der Waals surface area contributed by atoms with Crippen LogP contribution in [0.25, 0.3) is 6.08 Å². The fraction of sp³-hybridized carbons (Fsp3) is 0.200. The Kier molecular flexibility index (Phi) is 6.79. The highest BCUT2D eigenvalue weighted by Crippen LogP contribution is 2.20. The molecule has 3 nitrogen and oxygen atoms in total. The number of hydrogen-bond donors (Lipinski definition) is 0. The van der Waals surface area contributed by atoms with Crippen LogP contribution in [0.5, 0.6) is 0 Å². The van der Waals surface area contributed by atoms with E-state index in [0.717, 1.165) is 24.1 Å². The largest absolute Gasteiger partial charge is 0.462 e. The highest BCUT2D eigenvalue weighted by Gasteiger charge is 2.06. The molecule has 1 aliphatic rings. The molecule has 0 unspecified atom stereocenters. The van der Waals surface area contributed by atoms with E-state index in [1.807, 2.05) is 42.5 Å². The maximum atomic E-state index is 12.1. The number of benzene rings is 1. The Hall–Kier alpha value is -2.68. The van der Waals surface area contributed by atoms with Gasteiger partial charge in [0.25, 0.3) is 0 Å². The molecule has 0 fully saturated rings. The maximum Gasteiger partial charge on any atom is 0.338 e. The molecule has 0 radical (unpaired) electrons. The lowest BCUT2D eigenvalue weighted by Gasteiger charge is -2.04. The van der Waals surface area contributed by atoms with Gasteiger partial charge in [0.15, 0.2) is 0 Å². The van der Waals surface area contributed by atoms with Crippen LogP contribution < -0.4 is 0 Å². The molecule has 0 N–H and O–H groups in total. The van der Waals surface area contributed by atoms with Gasteiger partial charge in [0.05, 0.1) is 17.9 Å². The van der Waals surface area contributed by atoms with Gasteiger partial charge in [0.1, 0.15) is 0 Å². The third kappa shape index (κ3) is 5.55. The summed E-state index contributed by atoms with van der Waals surface area (Å²) < 4.78 is 5.25. The molecule has 3 heteroatoms. The first-order valence-corrected chi connectivity index (χ1v) is 7.83. The molecule has 0 bridgehead atoms.